The largest absolute Gasteiger partial charge is 0.317 e. The molecule has 17 heavy (non-hydrogen) atoms. The smallest absolute Gasteiger partial charge is 0.214 e. The molecule has 0 aliphatic carbocycles. The molecule has 1 fully saturated rings. The Morgan fingerprint density at radius 3 is 2.29 bits per heavy atom. The van der Waals surface area contributed by atoms with Crippen molar-refractivity contribution in [1.82, 2.24) is 14.5 Å². The van der Waals surface area contributed by atoms with Gasteiger partial charge in [-0.2, -0.15) is 4.31 Å². The van der Waals surface area contributed by atoms with Gasteiger partial charge in [0, 0.05) is 26.2 Å². The Kier molecular flexibility index (Phi) is 6.40. The van der Waals surface area contributed by atoms with Crippen LogP contribution >= 0.6 is 0 Å². The molecule has 6 heteroatoms. The Balaban J connectivity index is 2.33. The maximum atomic E-state index is 12.0. The second kappa shape index (κ2) is 7.31. The van der Waals surface area contributed by atoms with Gasteiger partial charge in [0.15, 0.2) is 0 Å². The molecular weight excluding hydrogens is 238 g/mol. The molecule has 1 rings (SSSR count). The highest BCUT2D eigenvalue weighted by Crippen LogP contribution is 2.08. The summed E-state index contributed by atoms with van der Waals surface area (Å²) in [5, 5.41) is 3.15. The molecule has 0 spiro atoms. The number of nitrogens with one attached hydrogen (secondary N) is 1. The maximum absolute atomic E-state index is 12.0. The minimum atomic E-state index is -3.03. The van der Waals surface area contributed by atoms with Gasteiger partial charge in [-0.15, -0.1) is 0 Å². The lowest BCUT2D eigenvalue weighted by atomic mass is 10.4. The normalized spacial score (nSPS) is 19.6. The third kappa shape index (κ3) is 4.91. The summed E-state index contributed by atoms with van der Waals surface area (Å²) in [5.74, 6) is 0.270. The molecule has 1 aliphatic rings. The van der Waals surface area contributed by atoms with Crippen molar-refractivity contribution in [2.24, 2.45) is 0 Å². The predicted octanol–water partition coefficient (Wildman–Crippen LogP) is -0.0467. The van der Waals surface area contributed by atoms with Crippen LogP contribution < -0.4 is 5.32 Å². The Morgan fingerprint density at radius 1 is 1.12 bits per heavy atom. The highest BCUT2D eigenvalue weighted by molar-refractivity contribution is 7.89. The average molecular weight is 263 g/mol. The van der Waals surface area contributed by atoms with Gasteiger partial charge in [0.1, 0.15) is 0 Å². The Morgan fingerprint density at radius 2 is 1.76 bits per heavy atom. The molecule has 0 aromatic rings. The zero-order chi connectivity index (χ0) is 12.7. The van der Waals surface area contributed by atoms with Crippen LogP contribution in [0.15, 0.2) is 0 Å². The van der Waals surface area contributed by atoms with Gasteiger partial charge in [0.05, 0.1) is 5.75 Å². The van der Waals surface area contributed by atoms with Gasteiger partial charge < -0.3 is 10.2 Å². The minimum Gasteiger partial charge on any atom is -0.317 e. The van der Waals surface area contributed by atoms with E-state index in [1.165, 1.54) is 0 Å². The third-order valence-corrected chi connectivity index (χ3v) is 5.13. The van der Waals surface area contributed by atoms with Crippen LogP contribution in [-0.2, 0) is 10.0 Å². The van der Waals surface area contributed by atoms with Crippen molar-refractivity contribution in [3.05, 3.63) is 0 Å². The van der Waals surface area contributed by atoms with Crippen molar-refractivity contribution in [2.75, 3.05) is 51.6 Å². The highest BCUT2D eigenvalue weighted by Gasteiger charge is 2.25. The molecule has 1 aliphatic heterocycles. The zero-order valence-electron chi connectivity index (χ0n) is 11.0. The number of hydrogen-bond donors (Lipinski definition) is 1. The van der Waals surface area contributed by atoms with E-state index >= 15 is 0 Å². The number of piperazine rings is 1. The van der Waals surface area contributed by atoms with Crippen LogP contribution in [0, 0.1) is 0 Å². The summed E-state index contributed by atoms with van der Waals surface area (Å²) in [6.07, 6.45) is 0.699. The highest BCUT2D eigenvalue weighted by atomic mass is 32.2. The molecule has 0 saturated carbocycles. The molecule has 102 valence electrons. The molecule has 0 aromatic heterocycles. The van der Waals surface area contributed by atoms with Crippen LogP contribution in [0.4, 0.5) is 0 Å². The first-order valence-corrected chi connectivity index (χ1v) is 8.12. The molecule has 1 N–H and O–H groups in total. The van der Waals surface area contributed by atoms with Crippen LogP contribution in [0.5, 0.6) is 0 Å². The van der Waals surface area contributed by atoms with E-state index in [-0.39, 0.29) is 5.75 Å². The average Bonchev–Trinajstić information content (AvgIpc) is 2.35. The van der Waals surface area contributed by atoms with E-state index in [2.05, 4.69) is 17.1 Å². The van der Waals surface area contributed by atoms with Crippen molar-refractivity contribution in [2.45, 2.75) is 20.3 Å². The summed E-state index contributed by atoms with van der Waals surface area (Å²) in [6.45, 7) is 9.86. The van der Waals surface area contributed by atoms with Crippen LogP contribution in [-0.4, -0.2) is 69.2 Å². The molecule has 0 radical (unpaired) electrons. The van der Waals surface area contributed by atoms with Gasteiger partial charge in [-0.25, -0.2) is 8.42 Å². The van der Waals surface area contributed by atoms with Crippen molar-refractivity contribution < 1.29 is 8.42 Å². The molecular formula is C11H25N3O2S. The van der Waals surface area contributed by atoms with E-state index in [1.807, 2.05) is 6.92 Å². The van der Waals surface area contributed by atoms with E-state index in [4.69, 9.17) is 0 Å². The quantitative estimate of drug-likeness (QED) is 0.655. The zero-order valence-corrected chi connectivity index (χ0v) is 11.8. The lowest BCUT2D eigenvalue weighted by Crippen LogP contribution is -2.49. The second-order valence-electron chi connectivity index (χ2n) is 4.36. The Hall–Kier alpha value is -0.170. The molecule has 1 saturated heterocycles. The summed E-state index contributed by atoms with van der Waals surface area (Å²) in [4.78, 5) is 2.28. The van der Waals surface area contributed by atoms with Gasteiger partial charge in [0.2, 0.25) is 10.0 Å². The fourth-order valence-corrected chi connectivity index (χ4v) is 3.50. The van der Waals surface area contributed by atoms with E-state index < -0.39 is 10.0 Å². The summed E-state index contributed by atoms with van der Waals surface area (Å²) < 4.78 is 25.7. The number of likely N-dealkylation sites (N-methyl/N-ethyl adjacent to an activating group) is 1. The number of rotatable bonds is 7. The lowest BCUT2D eigenvalue weighted by Gasteiger charge is -2.33. The molecule has 0 aromatic carbocycles. The standard InChI is InChI=1S/C11H25N3O2S/c1-3-12-6-5-11-17(15,16)14-9-7-13(4-2)8-10-14/h12H,3-11H2,1-2H3. The maximum Gasteiger partial charge on any atom is 0.214 e. The van der Waals surface area contributed by atoms with E-state index in [9.17, 15) is 8.42 Å². The fourth-order valence-electron chi connectivity index (χ4n) is 2.01. The number of hydrogen-bond acceptors (Lipinski definition) is 4. The van der Waals surface area contributed by atoms with Crippen molar-refractivity contribution in [3.63, 3.8) is 0 Å². The van der Waals surface area contributed by atoms with Crippen LogP contribution in [0.25, 0.3) is 0 Å². The Labute approximate surface area is 105 Å². The number of sulfonamides is 1. The Bertz CT molecular complexity index is 298. The summed E-state index contributed by atoms with van der Waals surface area (Å²) >= 11 is 0. The summed E-state index contributed by atoms with van der Waals surface area (Å²) in [7, 11) is -3.03. The van der Waals surface area contributed by atoms with E-state index in [0.29, 0.717) is 19.5 Å². The van der Waals surface area contributed by atoms with Crippen LogP contribution in [0.2, 0.25) is 0 Å². The minimum absolute atomic E-state index is 0.270. The van der Waals surface area contributed by atoms with Gasteiger partial charge in [-0.1, -0.05) is 13.8 Å². The predicted molar refractivity (Wildman–Crippen MR) is 70.6 cm³/mol. The van der Waals surface area contributed by atoms with Crippen molar-refractivity contribution in [3.8, 4) is 0 Å². The molecule has 1 heterocycles. The van der Waals surface area contributed by atoms with Crippen LogP contribution in [0.1, 0.15) is 20.3 Å². The van der Waals surface area contributed by atoms with E-state index in [0.717, 1.165) is 32.7 Å². The van der Waals surface area contributed by atoms with Gasteiger partial charge >= 0.3 is 0 Å². The first-order valence-electron chi connectivity index (χ1n) is 6.51. The van der Waals surface area contributed by atoms with Gasteiger partial charge in [0.25, 0.3) is 0 Å². The van der Waals surface area contributed by atoms with Crippen molar-refractivity contribution in [1.29, 1.82) is 0 Å². The molecule has 5 nitrogen and oxygen atoms in total. The fraction of sp³-hybridized carbons (Fsp3) is 1.00. The first-order chi connectivity index (χ1) is 8.10. The molecule has 0 bridgehead atoms. The molecule has 0 unspecified atom stereocenters. The van der Waals surface area contributed by atoms with Crippen molar-refractivity contribution >= 4 is 10.0 Å². The molecule has 0 atom stereocenters. The second-order valence-corrected chi connectivity index (χ2v) is 6.44. The summed E-state index contributed by atoms with van der Waals surface area (Å²) in [5.41, 5.74) is 0. The van der Waals surface area contributed by atoms with E-state index in [1.54, 1.807) is 4.31 Å². The lowest BCUT2D eigenvalue weighted by molar-refractivity contribution is 0.196. The number of nitrogens with zero attached hydrogens (tertiary/aromatic N) is 2. The van der Waals surface area contributed by atoms with Gasteiger partial charge in [-0.05, 0) is 26.1 Å². The summed E-state index contributed by atoms with van der Waals surface area (Å²) in [6, 6.07) is 0. The first kappa shape index (κ1) is 14.9. The topological polar surface area (TPSA) is 52.7 Å². The molecule has 0 amide bonds. The third-order valence-electron chi connectivity index (χ3n) is 3.18. The SMILES string of the molecule is CCNCCCS(=O)(=O)N1CCN(CC)CC1. The van der Waals surface area contributed by atoms with Gasteiger partial charge in [-0.3, -0.25) is 0 Å². The monoisotopic (exact) mass is 263 g/mol. The van der Waals surface area contributed by atoms with Crippen LogP contribution in [0.3, 0.4) is 0 Å².